The topological polar surface area (TPSA) is 55.8 Å². The number of hydrogen-bond donors (Lipinski definition) is 0. The van der Waals surface area contributed by atoms with Crippen molar-refractivity contribution in [3.63, 3.8) is 0 Å². The number of amides is 1. The van der Waals surface area contributed by atoms with Crippen molar-refractivity contribution < 1.29 is 19.1 Å². The van der Waals surface area contributed by atoms with Gasteiger partial charge in [0.2, 0.25) is 0 Å². The second-order valence-electron chi connectivity index (χ2n) is 3.98. The van der Waals surface area contributed by atoms with Gasteiger partial charge in [0.05, 0.1) is 12.6 Å². The number of rotatable bonds is 4. The summed E-state index contributed by atoms with van der Waals surface area (Å²) in [5, 5.41) is 0. The van der Waals surface area contributed by atoms with E-state index in [1.165, 1.54) is 17.2 Å². The number of nitrogens with zero attached hydrogens (tertiary/aromatic N) is 1. The summed E-state index contributed by atoms with van der Waals surface area (Å²) in [6.45, 7) is 2.30. The lowest BCUT2D eigenvalue weighted by molar-refractivity contribution is -0.137. The smallest absolute Gasteiger partial charge is 0.414 e. The third-order valence-corrected chi connectivity index (χ3v) is 2.75. The van der Waals surface area contributed by atoms with E-state index in [-0.39, 0.29) is 12.6 Å². The van der Waals surface area contributed by atoms with E-state index in [2.05, 4.69) is 0 Å². The number of carbonyl (C=O) groups is 2. The number of benzene rings is 1. The normalized spacial score (nSPS) is 18.7. The fourth-order valence-electron chi connectivity index (χ4n) is 1.86. The molecule has 0 N–H and O–H groups in total. The molecule has 1 heterocycles. The molecule has 1 saturated heterocycles. The van der Waals surface area contributed by atoms with E-state index in [9.17, 15) is 9.59 Å². The SMILES string of the molecule is CCOC(=O)/C=C\N1C(=O)OC[C@H]1c1ccccc1. The predicted molar refractivity (Wildman–Crippen MR) is 68.1 cm³/mol. The maximum Gasteiger partial charge on any atom is 0.414 e. The number of carbonyl (C=O) groups excluding carboxylic acids is 2. The molecule has 5 heteroatoms. The molecule has 0 saturated carbocycles. The Morgan fingerprint density at radius 3 is 2.89 bits per heavy atom. The zero-order valence-electron chi connectivity index (χ0n) is 10.6. The van der Waals surface area contributed by atoms with Gasteiger partial charge in [-0.15, -0.1) is 0 Å². The average molecular weight is 261 g/mol. The van der Waals surface area contributed by atoms with Gasteiger partial charge in [0.1, 0.15) is 6.61 Å². The Morgan fingerprint density at radius 2 is 2.21 bits per heavy atom. The van der Waals surface area contributed by atoms with E-state index in [0.29, 0.717) is 6.61 Å². The van der Waals surface area contributed by atoms with Crippen LogP contribution in [0.1, 0.15) is 18.5 Å². The number of ether oxygens (including phenoxy) is 2. The first-order valence-electron chi connectivity index (χ1n) is 6.07. The van der Waals surface area contributed by atoms with E-state index >= 15 is 0 Å². The van der Waals surface area contributed by atoms with Gasteiger partial charge in [0.15, 0.2) is 0 Å². The number of cyclic esters (lactones) is 1. The zero-order chi connectivity index (χ0) is 13.7. The van der Waals surface area contributed by atoms with Gasteiger partial charge in [0.25, 0.3) is 0 Å². The highest BCUT2D eigenvalue weighted by Crippen LogP contribution is 2.27. The summed E-state index contributed by atoms with van der Waals surface area (Å²) in [5.74, 6) is -0.478. The molecule has 5 nitrogen and oxygen atoms in total. The van der Waals surface area contributed by atoms with Crippen molar-refractivity contribution in [2.24, 2.45) is 0 Å². The number of esters is 1. The van der Waals surface area contributed by atoms with E-state index in [1.54, 1.807) is 6.92 Å². The highest BCUT2D eigenvalue weighted by atomic mass is 16.6. The molecule has 100 valence electrons. The summed E-state index contributed by atoms with van der Waals surface area (Å²) < 4.78 is 9.78. The summed E-state index contributed by atoms with van der Waals surface area (Å²) in [6.07, 6.45) is 2.17. The van der Waals surface area contributed by atoms with Gasteiger partial charge in [0, 0.05) is 12.3 Å². The van der Waals surface area contributed by atoms with Crippen molar-refractivity contribution in [2.75, 3.05) is 13.2 Å². The van der Waals surface area contributed by atoms with Crippen LogP contribution >= 0.6 is 0 Å². The van der Waals surface area contributed by atoms with Crippen molar-refractivity contribution in [1.29, 1.82) is 0 Å². The van der Waals surface area contributed by atoms with Gasteiger partial charge in [-0.05, 0) is 12.5 Å². The first-order chi connectivity index (χ1) is 9.22. The van der Waals surface area contributed by atoms with Crippen molar-refractivity contribution in [2.45, 2.75) is 13.0 Å². The molecule has 1 atom stereocenters. The molecule has 1 amide bonds. The molecule has 0 bridgehead atoms. The minimum atomic E-state index is -0.478. The summed E-state index contributed by atoms with van der Waals surface area (Å²) in [7, 11) is 0. The van der Waals surface area contributed by atoms with Crippen LogP contribution in [-0.4, -0.2) is 30.2 Å². The molecule has 1 aliphatic heterocycles. The quantitative estimate of drug-likeness (QED) is 0.616. The molecule has 0 radical (unpaired) electrons. The van der Waals surface area contributed by atoms with Crippen LogP contribution < -0.4 is 0 Å². The fraction of sp³-hybridized carbons (Fsp3) is 0.286. The molecule has 1 aromatic rings. The molecule has 1 aromatic carbocycles. The molecular weight excluding hydrogens is 246 g/mol. The second-order valence-corrected chi connectivity index (χ2v) is 3.98. The Kier molecular flexibility index (Phi) is 4.18. The number of hydrogen-bond acceptors (Lipinski definition) is 4. The summed E-state index contributed by atoms with van der Waals surface area (Å²) in [6, 6.07) is 9.31. The van der Waals surface area contributed by atoms with E-state index in [0.717, 1.165) is 5.56 Å². The highest BCUT2D eigenvalue weighted by molar-refractivity contribution is 5.83. The van der Waals surface area contributed by atoms with Crippen LogP contribution in [0.25, 0.3) is 0 Å². The minimum absolute atomic E-state index is 0.209. The van der Waals surface area contributed by atoms with Crippen LogP contribution in [0.4, 0.5) is 4.79 Å². The fourth-order valence-corrected chi connectivity index (χ4v) is 1.86. The van der Waals surface area contributed by atoms with Crippen LogP contribution in [0.5, 0.6) is 0 Å². The lowest BCUT2D eigenvalue weighted by Gasteiger charge is -2.17. The van der Waals surface area contributed by atoms with Crippen LogP contribution in [0, 0.1) is 0 Å². The van der Waals surface area contributed by atoms with E-state index in [4.69, 9.17) is 9.47 Å². The lowest BCUT2D eigenvalue weighted by atomic mass is 10.1. The van der Waals surface area contributed by atoms with Gasteiger partial charge in [-0.1, -0.05) is 30.3 Å². The third kappa shape index (κ3) is 3.13. The lowest BCUT2D eigenvalue weighted by Crippen LogP contribution is -2.22. The predicted octanol–water partition coefficient (Wildman–Crippen LogP) is 2.26. The molecule has 0 aromatic heterocycles. The average Bonchev–Trinajstić information content (AvgIpc) is 2.79. The maximum atomic E-state index is 11.6. The van der Waals surface area contributed by atoms with Crippen LogP contribution in [-0.2, 0) is 14.3 Å². The van der Waals surface area contributed by atoms with Crippen molar-refractivity contribution in [3.05, 3.63) is 48.2 Å². The Bertz CT molecular complexity index is 483. The standard InChI is InChI=1S/C14H15NO4/c1-2-18-13(16)8-9-15-12(10-19-14(15)17)11-6-4-3-5-7-11/h3-9,12H,2,10H2,1H3/b9-8-/t12-/m0/s1. The van der Waals surface area contributed by atoms with E-state index < -0.39 is 12.1 Å². The molecule has 0 aliphatic carbocycles. The van der Waals surface area contributed by atoms with Gasteiger partial charge >= 0.3 is 12.1 Å². The maximum absolute atomic E-state index is 11.6. The van der Waals surface area contributed by atoms with Gasteiger partial charge in [-0.25, -0.2) is 9.59 Å². The van der Waals surface area contributed by atoms with Crippen LogP contribution in [0.2, 0.25) is 0 Å². The Morgan fingerprint density at radius 1 is 1.47 bits per heavy atom. The second kappa shape index (κ2) is 6.04. The summed E-state index contributed by atoms with van der Waals surface area (Å²) >= 11 is 0. The zero-order valence-corrected chi connectivity index (χ0v) is 10.6. The first-order valence-corrected chi connectivity index (χ1v) is 6.07. The van der Waals surface area contributed by atoms with Gasteiger partial charge in [-0.3, -0.25) is 4.90 Å². The van der Waals surface area contributed by atoms with Gasteiger partial charge in [-0.2, -0.15) is 0 Å². The Hall–Kier alpha value is -2.30. The Balaban J connectivity index is 2.12. The van der Waals surface area contributed by atoms with E-state index in [1.807, 2.05) is 30.3 Å². The molecule has 19 heavy (non-hydrogen) atoms. The third-order valence-electron chi connectivity index (χ3n) is 2.75. The molecule has 0 spiro atoms. The summed E-state index contributed by atoms with van der Waals surface area (Å²) in [5.41, 5.74) is 0.960. The molecular formula is C14H15NO4. The van der Waals surface area contributed by atoms with Gasteiger partial charge < -0.3 is 9.47 Å². The van der Waals surface area contributed by atoms with Crippen LogP contribution in [0.3, 0.4) is 0 Å². The molecule has 1 aliphatic rings. The van der Waals surface area contributed by atoms with Crippen molar-refractivity contribution in [3.8, 4) is 0 Å². The first kappa shape index (κ1) is 13.1. The van der Waals surface area contributed by atoms with Crippen molar-refractivity contribution >= 4 is 12.1 Å². The van der Waals surface area contributed by atoms with Crippen LogP contribution in [0.15, 0.2) is 42.6 Å². The highest BCUT2D eigenvalue weighted by Gasteiger charge is 2.32. The summed E-state index contributed by atoms with van der Waals surface area (Å²) in [4.78, 5) is 24.3. The molecule has 0 unspecified atom stereocenters. The van der Waals surface area contributed by atoms with Crippen molar-refractivity contribution in [1.82, 2.24) is 4.90 Å². The monoisotopic (exact) mass is 261 g/mol. The Labute approximate surface area is 111 Å². The molecule has 1 fully saturated rings. The minimum Gasteiger partial charge on any atom is -0.463 e. The largest absolute Gasteiger partial charge is 0.463 e. The molecule has 2 rings (SSSR count).